The van der Waals surface area contributed by atoms with Crippen molar-refractivity contribution in [1.82, 2.24) is 9.88 Å². The highest BCUT2D eigenvalue weighted by Crippen LogP contribution is 2.56. The molecule has 16 heavy (non-hydrogen) atoms. The molecule has 3 rings (SSSR count). The molecule has 1 amide bonds. The Morgan fingerprint density at radius 2 is 2.12 bits per heavy atom. The third-order valence-corrected chi connectivity index (χ3v) is 3.26. The molecule has 2 aliphatic rings. The van der Waals surface area contributed by atoms with Crippen molar-refractivity contribution >= 4 is 5.91 Å². The lowest BCUT2D eigenvalue weighted by Gasteiger charge is -2.58. The van der Waals surface area contributed by atoms with E-state index in [4.69, 9.17) is 4.42 Å². The van der Waals surface area contributed by atoms with Crippen LogP contribution in [0.2, 0.25) is 0 Å². The van der Waals surface area contributed by atoms with E-state index in [9.17, 15) is 13.6 Å². The standard InChI is InChI=1S/C10H10F2N2O2/c11-10(12)2-9(3-10)4-14(5-9)8(15)7-1-16-6-13-7/h1,6H,2-5H2. The highest BCUT2D eigenvalue weighted by Gasteiger charge is 2.62. The van der Waals surface area contributed by atoms with Gasteiger partial charge in [0.05, 0.1) is 0 Å². The monoisotopic (exact) mass is 228 g/mol. The summed E-state index contributed by atoms with van der Waals surface area (Å²) in [6, 6.07) is 0. The van der Waals surface area contributed by atoms with Crippen LogP contribution in [0.5, 0.6) is 0 Å². The first-order chi connectivity index (χ1) is 7.50. The molecule has 4 nitrogen and oxygen atoms in total. The number of likely N-dealkylation sites (tertiary alicyclic amines) is 1. The molecule has 1 aliphatic heterocycles. The lowest BCUT2D eigenvalue weighted by atomic mass is 9.61. The van der Waals surface area contributed by atoms with E-state index < -0.39 is 5.92 Å². The summed E-state index contributed by atoms with van der Waals surface area (Å²) >= 11 is 0. The molecular formula is C10H10F2N2O2. The zero-order valence-electron chi connectivity index (χ0n) is 8.45. The number of alkyl halides is 2. The molecule has 1 saturated carbocycles. The fourth-order valence-corrected chi connectivity index (χ4v) is 2.66. The Kier molecular flexibility index (Phi) is 1.71. The molecule has 2 fully saturated rings. The summed E-state index contributed by atoms with van der Waals surface area (Å²) < 4.78 is 30.2. The molecule has 0 aromatic carbocycles. The largest absolute Gasteiger partial charge is 0.451 e. The van der Waals surface area contributed by atoms with Gasteiger partial charge in [-0.1, -0.05) is 0 Å². The van der Waals surface area contributed by atoms with Crippen molar-refractivity contribution in [3.63, 3.8) is 0 Å². The normalized spacial score (nSPS) is 25.0. The maximum Gasteiger partial charge on any atom is 0.275 e. The van der Waals surface area contributed by atoms with E-state index in [0.29, 0.717) is 13.1 Å². The van der Waals surface area contributed by atoms with Gasteiger partial charge in [0.25, 0.3) is 5.91 Å². The summed E-state index contributed by atoms with van der Waals surface area (Å²) in [5.74, 6) is -2.77. The number of aromatic nitrogens is 1. The van der Waals surface area contributed by atoms with Crippen LogP contribution in [0.15, 0.2) is 17.1 Å². The number of hydrogen-bond acceptors (Lipinski definition) is 3. The van der Waals surface area contributed by atoms with Gasteiger partial charge in [-0.3, -0.25) is 4.79 Å². The second kappa shape index (κ2) is 2.81. The van der Waals surface area contributed by atoms with E-state index in [1.165, 1.54) is 17.6 Å². The van der Waals surface area contributed by atoms with Gasteiger partial charge in [-0.05, 0) is 0 Å². The number of nitrogens with zero attached hydrogens (tertiary/aromatic N) is 2. The molecule has 1 aromatic heterocycles. The van der Waals surface area contributed by atoms with Crippen molar-refractivity contribution in [3.8, 4) is 0 Å². The zero-order valence-corrected chi connectivity index (χ0v) is 8.45. The highest BCUT2D eigenvalue weighted by atomic mass is 19.3. The number of hydrogen-bond donors (Lipinski definition) is 0. The van der Waals surface area contributed by atoms with Crippen molar-refractivity contribution in [2.24, 2.45) is 5.41 Å². The van der Waals surface area contributed by atoms with Crippen LogP contribution in [0.3, 0.4) is 0 Å². The van der Waals surface area contributed by atoms with E-state index in [1.54, 1.807) is 0 Å². The summed E-state index contributed by atoms with van der Waals surface area (Å²) in [7, 11) is 0. The number of halogens is 2. The van der Waals surface area contributed by atoms with Crippen molar-refractivity contribution < 1.29 is 18.0 Å². The van der Waals surface area contributed by atoms with Crippen LogP contribution < -0.4 is 0 Å². The molecule has 86 valence electrons. The van der Waals surface area contributed by atoms with Crippen molar-refractivity contribution in [1.29, 1.82) is 0 Å². The first kappa shape index (κ1) is 9.74. The quantitative estimate of drug-likeness (QED) is 0.732. The molecule has 1 aromatic rings. The molecule has 0 bridgehead atoms. The summed E-state index contributed by atoms with van der Waals surface area (Å²) in [4.78, 5) is 17.0. The van der Waals surface area contributed by atoms with E-state index in [2.05, 4.69) is 4.98 Å². The minimum Gasteiger partial charge on any atom is -0.451 e. The maximum absolute atomic E-state index is 12.7. The minimum absolute atomic E-state index is 0.0946. The fourth-order valence-electron chi connectivity index (χ4n) is 2.66. The number of amides is 1. The Morgan fingerprint density at radius 1 is 1.44 bits per heavy atom. The molecule has 0 atom stereocenters. The second-order valence-electron chi connectivity index (χ2n) is 4.74. The van der Waals surface area contributed by atoms with Gasteiger partial charge in [0.1, 0.15) is 6.26 Å². The Hall–Kier alpha value is -1.46. The Morgan fingerprint density at radius 3 is 2.62 bits per heavy atom. The summed E-state index contributed by atoms with van der Waals surface area (Å²) in [6.45, 7) is 0.822. The molecule has 0 radical (unpaired) electrons. The predicted octanol–water partition coefficient (Wildman–Crippen LogP) is 1.55. The smallest absolute Gasteiger partial charge is 0.275 e. The van der Waals surface area contributed by atoms with Gasteiger partial charge in [0.15, 0.2) is 12.1 Å². The van der Waals surface area contributed by atoms with Crippen LogP contribution in [0.25, 0.3) is 0 Å². The number of oxazole rings is 1. The van der Waals surface area contributed by atoms with Crippen LogP contribution >= 0.6 is 0 Å². The first-order valence-corrected chi connectivity index (χ1v) is 5.05. The zero-order chi connectivity index (χ0) is 11.4. The van der Waals surface area contributed by atoms with Crippen molar-refractivity contribution in [3.05, 3.63) is 18.4 Å². The van der Waals surface area contributed by atoms with Gasteiger partial charge >= 0.3 is 0 Å². The molecule has 0 N–H and O–H groups in total. The first-order valence-electron chi connectivity index (χ1n) is 5.05. The van der Waals surface area contributed by atoms with Crippen LogP contribution in [-0.4, -0.2) is 34.8 Å². The van der Waals surface area contributed by atoms with Crippen molar-refractivity contribution in [2.75, 3.05) is 13.1 Å². The second-order valence-corrected chi connectivity index (χ2v) is 4.74. The number of carbonyl (C=O) groups excluding carboxylic acids is 1. The molecule has 6 heteroatoms. The lowest BCUT2D eigenvalue weighted by molar-refractivity contribution is -0.204. The summed E-state index contributed by atoms with van der Waals surface area (Å²) in [5, 5.41) is 0. The van der Waals surface area contributed by atoms with E-state index in [0.717, 1.165) is 0 Å². The fraction of sp³-hybridized carbons (Fsp3) is 0.600. The van der Waals surface area contributed by atoms with E-state index >= 15 is 0 Å². The van der Waals surface area contributed by atoms with E-state index in [-0.39, 0.29) is 29.9 Å². The van der Waals surface area contributed by atoms with Crippen LogP contribution in [0.1, 0.15) is 23.3 Å². The predicted molar refractivity (Wildman–Crippen MR) is 49.0 cm³/mol. The molecule has 1 aliphatic carbocycles. The van der Waals surface area contributed by atoms with Crippen LogP contribution in [0, 0.1) is 5.41 Å². The lowest BCUT2D eigenvalue weighted by Crippen LogP contribution is -2.66. The Balaban J connectivity index is 1.61. The summed E-state index contributed by atoms with van der Waals surface area (Å²) in [6.07, 6.45) is 2.26. The third-order valence-electron chi connectivity index (χ3n) is 3.26. The van der Waals surface area contributed by atoms with Gasteiger partial charge in [-0.15, -0.1) is 0 Å². The molecule has 2 heterocycles. The topological polar surface area (TPSA) is 46.3 Å². The molecular weight excluding hydrogens is 218 g/mol. The highest BCUT2D eigenvalue weighted by molar-refractivity contribution is 5.92. The molecule has 0 unspecified atom stereocenters. The summed E-state index contributed by atoms with van der Waals surface area (Å²) in [5.41, 5.74) is -0.0935. The van der Waals surface area contributed by atoms with E-state index in [1.807, 2.05) is 0 Å². The Bertz CT molecular complexity index is 414. The average molecular weight is 228 g/mol. The molecule has 1 saturated heterocycles. The minimum atomic E-state index is -2.52. The SMILES string of the molecule is O=C(c1cocn1)N1CC2(C1)CC(F)(F)C2. The number of rotatable bonds is 1. The van der Waals surface area contributed by atoms with Crippen LogP contribution in [-0.2, 0) is 0 Å². The van der Waals surface area contributed by atoms with Gasteiger partial charge in [0.2, 0.25) is 5.92 Å². The molecule has 1 spiro atoms. The van der Waals surface area contributed by atoms with Gasteiger partial charge in [-0.25, -0.2) is 13.8 Å². The number of carbonyl (C=O) groups is 1. The third kappa shape index (κ3) is 1.32. The average Bonchev–Trinajstić information content (AvgIpc) is 2.60. The van der Waals surface area contributed by atoms with Crippen molar-refractivity contribution in [2.45, 2.75) is 18.8 Å². The van der Waals surface area contributed by atoms with Gasteiger partial charge in [0, 0.05) is 31.3 Å². The van der Waals surface area contributed by atoms with Gasteiger partial charge < -0.3 is 9.32 Å². The Labute approximate surface area is 90.2 Å². The van der Waals surface area contributed by atoms with Gasteiger partial charge in [-0.2, -0.15) is 0 Å². The maximum atomic E-state index is 12.7. The van der Waals surface area contributed by atoms with Crippen LogP contribution in [0.4, 0.5) is 8.78 Å².